The second-order valence-electron chi connectivity index (χ2n) is 6.58. The van der Waals surface area contributed by atoms with Crippen molar-refractivity contribution >= 4 is 41.5 Å². The molecule has 0 bridgehead atoms. The van der Waals surface area contributed by atoms with E-state index in [1.54, 1.807) is 18.3 Å². The summed E-state index contributed by atoms with van der Waals surface area (Å²) in [5, 5.41) is 22.6. The molecule has 0 aliphatic carbocycles. The second kappa shape index (κ2) is 12.6. The SMILES string of the molecule is CCNC(=NCC(=O)Nc1ccc(O)cc1)NCCc1ccc(-n2cccn2)cc1.I. The minimum Gasteiger partial charge on any atom is -0.508 e. The third-order valence-electron chi connectivity index (χ3n) is 4.29. The van der Waals surface area contributed by atoms with Crippen LogP contribution in [0.3, 0.4) is 0 Å². The highest BCUT2D eigenvalue weighted by atomic mass is 127. The van der Waals surface area contributed by atoms with Gasteiger partial charge in [0.25, 0.3) is 0 Å². The number of phenols is 1. The number of halogens is 1. The van der Waals surface area contributed by atoms with E-state index in [-0.39, 0.29) is 42.2 Å². The van der Waals surface area contributed by atoms with Crippen LogP contribution in [-0.2, 0) is 11.2 Å². The van der Waals surface area contributed by atoms with E-state index in [2.05, 4.69) is 38.2 Å². The number of benzene rings is 2. The highest BCUT2D eigenvalue weighted by Gasteiger charge is 2.04. The van der Waals surface area contributed by atoms with Gasteiger partial charge >= 0.3 is 0 Å². The summed E-state index contributed by atoms with van der Waals surface area (Å²) in [5.74, 6) is 0.513. The normalized spacial score (nSPS) is 10.8. The van der Waals surface area contributed by atoms with Crippen LogP contribution in [-0.4, -0.2) is 46.4 Å². The van der Waals surface area contributed by atoms with Crippen molar-refractivity contribution in [1.29, 1.82) is 0 Å². The van der Waals surface area contributed by atoms with Crippen LogP contribution in [0.4, 0.5) is 5.69 Å². The first-order chi connectivity index (χ1) is 14.6. The summed E-state index contributed by atoms with van der Waals surface area (Å²) in [6, 6.07) is 16.4. The van der Waals surface area contributed by atoms with Crippen molar-refractivity contribution in [3.8, 4) is 11.4 Å². The lowest BCUT2D eigenvalue weighted by Gasteiger charge is -2.12. The van der Waals surface area contributed by atoms with E-state index in [1.807, 2.05) is 36.0 Å². The van der Waals surface area contributed by atoms with E-state index in [0.717, 1.165) is 12.1 Å². The molecule has 0 saturated carbocycles. The van der Waals surface area contributed by atoms with Crippen molar-refractivity contribution in [1.82, 2.24) is 20.4 Å². The van der Waals surface area contributed by atoms with Crippen LogP contribution in [0.1, 0.15) is 12.5 Å². The van der Waals surface area contributed by atoms with Gasteiger partial charge in [-0.1, -0.05) is 12.1 Å². The molecule has 0 fully saturated rings. The number of aromatic nitrogens is 2. The van der Waals surface area contributed by atoms with Crippen LogP contribution in [0.2, 0.25) is 0 Å². The molecule has 2 aromatic carbocycles. The number of amides is 1. The zero-order valence-electron chi connectivity index (χ0n) is 17.3. The molecule has 0 radical (unpaired) electrons. The molecular formula is C22H27IN6O2. The number of carbonyl (C=O) groups excluding carboxylic acids is 1. The largest absolute Gasteiger partial charge is 0.508 e. The molecule has 0 aliphatic heterocycles. The van der Waals surface area contributed by atoms with Crippen LogP contribution < -0.4 is 16.0 Å². The average Bonchev–Trinajstić information content (AvgIpc) is 3.29. The van der Waals surface area contributed by atoms with E-state index in [0.29, 0.717) is 24.7 Å². The Bertz CT molecular complexity index is 957. The molecule has 4 N–H and O–H groups in total. The first-order valence-corrected chi connectivity index (χ1v) is 9.84. The third-order valence-corrected chi connectivity index (χ3v) is 4.29. The number of guanidine groups is 1. The lowest BCUT2D eigenvalue weighted by molar-refractivity contribution is -0.114. The Hall–Kier alpha value is -3.08. The maximum Gasteiger partial charge on any atom is 0.246 e. The maximum atomic E-state index is 12.1. The van der Waals surface area contributed by atoms with Gasteiger partial charge in [-0.05, 0) is 61.4 Å². The summed E-state index contributed by atoms with van der Waals surface area (Å²) >= 11 is 0. The number of hydrogen-bond acceptors (Lipinski definition) is 4. The van der Waals surface area contributed by atoms with Gasteiger partial charge in [-0.2, -0.15) is 5.10 Å². The topological polar surface area (TPSA) is 104 Å². The lowest BCUT2D eigenvalue weighted by Crippen LogP contribution is -2.39. The maximum absolute atomic E-state index is 12.1. The molecule has 3 aromatic rings. The van der Waals surface area contributed by atoms with Gasteiger partial charge in [0.1, 0.15) is 12.3 Å². The zero-order valence-corrected chi connectivity index (χ0v) is 19.6. The van der Waals surface area contributed by atoms with Crippen LogP contribution >= 0.6 is 24.0 Å². The Morgan fingerprint density at radius 3 is 2.48 bits per heavy atom. The molecule has 1 amide bonds. The van der Waals surface area contributed by atoms with Gasteiger partial charge < -0.3 is 21.1 Å². The standard InChI is InChI=1S/C22H26N6O2.HI/c1-2-23-22(25-16-21(30)27-18-6-10-20(29)11-7-18)24-14-12-17-4-8-19(9-5-17)28-15-3-13-26-28;/h3-11,13,15,29H,2,12,14,16H2,1H3,(H,27,30)(H2,23,24,25);1H. The first-order valence-electron chi connectivity index (χ1n) is 9.84. The van der Waals surface area contributed by atoms with Gasteiger partial charge in [0, 0.05) is 31.2 Å². The smallest absolute Gasteiger partial charge is 0.246 e. The summed E-state index contributed by atoms with van der Waals surface area (Å²) in [4.78, 5) is 16.4. The lowest BCUT2D eigenvalue weighted by atomic mass is 10.1. The zero-order chi connectivity index (χ0) is 21.2. The van der Waals surface area contributed by atoms with Crippen molar-refractivity contribution < 1.29 is 9.90 Å². The summed E-state index contributed by atoms with van der Waals surface area (Å²) in [6.45, 7) is 3.35. The highest BCUT2D eigenvalue weighted by molar-refractivity contribution is 14.0. The van der Waals surface area contributed by atoms with Gasteiger partial charge in [0.2, 0.25) is 5.91 Å². The second-order valence-corrected chi connectivity index (χ2v) is 6.58. The molecule has 31 heavy (non-hydrogen) atoms. The van der Waals surface area contributed by atoms with Gasteiger partial charge in [0.05, 0.1) is 5.69 Å². The summed E-state index contributed by atoms with van der Waals surface area (Å²) < 4.78 is 1.82. The van der Waals surface area contributed by atoms with Crippen LogP contribution in [0.5, 0.6) is 5.75 Å². The van der Waals surface area contributed by atoms with Gasteiger partial charge in [-0.25, -0.2) is 9.67 Å². The Balaban J connectivity index is 0.00000341. The summed E-state index contributed by atoms with van der Waals surface area (Å²) in [5.41, 5.74) is 2.83. The number of rotatable bonds is 8. The van der Waals surface area contributed by atoms with Crippen LogP contribution in [0.15, 0.2) is 72.0 Å². The fourth-order valence-electron chi connectivity index (χ4n) is 2.80. The number of anilines is 1. The number of aliphatic imine (C=N–C) groups is 1. The molecule has 1 aromatic heterocycles. The first kappa shape index (κ1) is 24.2. The minimum absolute atomic E-state index is 0. The summed E-state index contributed by atoms with van der Waals surface area (Å²) in [7, 11) is 0. The molecule has 8 nitrogen and oxygen atoms in total. The highest BCUT2D eigenvalue weighted by Crippen LogP contribution is 2.13. The average molecular weight is 534 g/mol. The van der Waals surface area contributed by atoms with E-state index in [4.69, 9.17) is 0 Å². The molecule has 164 valence electrons. The predicted octanol–water partition coefficient (Wildman–Crippen LogP) is 2.93. The van der Waals surface area contributed by atoms with Crippen molar-refractivity contribution in [2.24, 2.45) is 4.99 Å². The van der Waals surface area contributed by atoms with Crippen molar-refractivity contribution in [3.63, 3.8) is 0 Å². The number of phenolic OH excluding ortho intramolecular Hbond substituents is 1. The number of hydrogen-bond donors (Lipinski definition) is 4. The van der Waals surface area contributed by atoms with E-state index >= 15 is 0 Å². The Kier molecular flexibility index (Phi) is 9.82. The Morgan fingerprint density at radius 2 is 1.84 bits per heavy atom. The molecule has 3 rings (SSSR count). The minimum atomic E-state index is -0.230. The Morgan fingerprint density at radius 1 is 1.10 bits per heavy atom. The van der Waals surface area contributed by atoms with Gasteiger partial charge in [-0.3, -0.25) is 4.79 Å². The molecule has 0 aliphatic rings. The molecule has 0 saturated heterocycles. The molecular weight excluding hydrogens is 507 g/mol. The predicted molar refractivity (Wildman–Crippen MR) is 133 cm³/mol. The fourth-order valence-corrected chi connectivity index (χ4v) is 2.80. The van der Waals surface area contributed by atoms with Crippen molar-refractivity contribution in [3.05, 3.63) is 72.6 Å². The van der Waals surface area contributed by atoms with Gasteiger partial charge in [0.15, 0.2) is 5.96 Å². The van der Waals surface area contributed by atoms with E-state index < -0.39 is 0 Å². The quantitative estimate of drug-likeness (QED) is 0.154. The van der Waals surface area contributed by atoms with Gasteiger partial charge in [-0.15, -0.1) is 24.0 Å². The monoisotopic (exact) mass is 534 g/mol. The van der Waals surface area contributed by atoms with Crippen molar-refractivity contribution in [2.75, 3.05) is 25.0 Å². The Labute approximate surface area is 198 Å². The number of carbonyl (C=O) groups is 1. The number of nitrogens with zero attached hydrogens (tertiary/aromatic N) is 3. The fraction of sp³-hybridized carbons (Fsp3) is 0.227. The molecule has 1 heterocycles. The number of aromatic hydroxyl groups is 1. The van der Waals surface area contributed by atoms with Crippen molar-refractivity contribution in [2.45, 2.75) is 13.3 Å². The summed E-state index contributed by atoms with van der Waals surface area (Å²) in [6.07, 6.45) is 4.49. The number of nitrogens with one attached hydrogen (secondary N) is 3. The molecule has 0 unspecified atom stereocenters. The van der Waals surface area contributed by atoms with E-state index in [1.165, 1.54) is 17.7 Å². The van der Waals surface area contributed by atoms with Crippen LogP contribution in [0.25, 0.3) is 5.69 Å². The molecule has 0 spiro atoms. The van der Waals surface area contributed by atoms with Crippen LogP contribution in [0, 0.1) is 0 Å². The molecule has 0 atom stereocenters. The van der Waals surface area contributed by atoms with E-state index in [9.17, 15) is 9.90 Å². The third kappa shape index (κ3) is 7.93. The molecule has 9 heteroatoms.